The molecule has 0 amide bonds. The van der Waals surface area contributed by atoms with Gasteiger partial charge in [0, 0.05) is 0 Å². The van der Waals surface area contributed by atoms with Crippen molar-refractivity contribution in [3.8, 4) is 0 Å². The minimum Gasteiger partial charge on any atom is -0.464 e. The molecule has 0 aliphatic carbocycles. The molecular formula is C4H9N3O2. The predicted octanol–water partition coefficient (Wildman–Crippen LogP) is -1.80. The SMILES string of the molecule is COC(=O)C(N)=C(N)N. The minimum atomic E-state index is -0.713. The van der Waals surface area contributed by atoms with Crippen LogP contribution in [-0.2, 0) is 9.53 Å². The molecular weight excluding hydrogens is 122 g/mol. The number of rotatable bonds is 1. The molecule has 5 nitrogen and oxygen atoms in total. The lowest BCUT2D eigenvalue weighted by atomic mass is 10.4. The van der Waals surface area contributed by atoms with Crippen LogP contribution in [0.5, 0.6) is 0 Å². The van der Waals surface area contributed by atoms with Crippen molar-refractivity contribution in [1.82, 2.24) is 0 Å². The molecule has 9 heavy (non-hydrogen) atoms. The zero-order chi connectivity index (χ0) is 7.44. The van der Waals surface area contributed by atoms with Crippen molar-refractivity contribution < 1.29 is 9.53 Å². The zero-order valence-corrected chi connectivity index (χ0v) is 5.05. The Morgan fingerprint density at radius 2 is 1.78 bits per heavy atom. The lowest BCUT2D eigenvalue weighted by Crippen LogP contribution is -2.23. The van der Waals surface area contributed by atoms with Crippen LogP contribution in [-0.4, -0.2) is 13.1 Å². The molecule has 0 spiro atoms. The summed E-state index contributed by atoms with van der Waals surface area (Å²) in [6, 6.07) is 0. The van der Waals surface area contributed by atoms with Gasteiger partial charge in [0.15, 0.2) is 5.70 Å². The van der Waals surface area contributed by atoms with Crippen molar-refractivity contribution in [3.05, 3.63) is 11.5 Å². The van der Waals surface area contributed by atoms with Gasteiger partial charge in [-0.2, -0.15) is 0 Å². The summed E-state index contributed by atoms with van der Waals surface area (Å²) in [6.07, 6.45) is 0. The molecule has 0 saturated carbocycles. The fourth-order valence-corrected chi connectivity index (χ4v) is 0.228. The highest BCUT2D eigenvalue weighted by atomic mass is 16.5. The fraction of sp³-hybridized carbons (Fsp3) is 0.250. The molecule has 0 heterocycles. The van der Waals surface area contributed by atoms with E-state index in [1.54, 1.807) is 0 Å². The Kier molecular flexibility index (Phi) is 2.37. The first kappa shape index (κ1) is 7.61. The number of hydrogen-bond donors (Lipinski definition) is 3. The number of methoxy groups -OCH3 is 1. The third-order valence-electron chi connectivity index (χ3n) is 0.716. The van der Waals surface area contributed by atoms with Crippen molar-refractivity contribution in [2.45, 2.75) is 0 Å². The maximum absolute atomic E-state index is 10.4. The predicted molar refractivity (Wildman–Crippen MR) is 31.6 cm³/mol. The average molecular weight is 131 g/mol. The molecule has 52 valence electrons. The topological polar surface area (TPSA) is 104 Å². The second kappa shape index (κ2) is 2.81. The highest BCUT2D eigenvalue weighted by Crippen LogP contribution is 1.85. The van der Waals surface area contributed by atoms with E-state index in [1.807, 2.05) is 0 Å². The minimum absolute atomic E-state index is 0.221. The van der Waals surface area contributed by atoms with Gasteiger partial charge in [-0.1, -0.05) is 0 Å². The molecule has 0 rings (SSSR count). The average Bonchev–Trinajstić information content (AvgIpc) is 1.84. The maximum Gasteiger partial charge on any atom is 0.357 e. The second-order valence-electron chi connectivity index (χ2n) is 1.36. The molecule has 0 unspecified atom stereocenters. The molecule has 0 aliphatic rings. The van der Waals surface area contributed by atoms with Crippen LogP contribution in [0.2, 0.25) is 0 Å². The van der Waals surface area contributed by atoms with E-state index in [4.69, 9.17) is 17.2 Å². The smallest absolute Gasteiger partial charge is 0.357 e. The van der Waals surface area contributed by atoms with E-state index in [0.29, 0.717) is 0 Å². The van der Waals surface area contributed by atoms with Gasteiger partial charge in [-0.05, 0) is 0 Å². The zero-order valence-electron chi connectivity index (χ0n) is 5.05. The largest absolute Gasteiger partial charge is 0.464 e. The van der Waals surface area contributed by atoms with E-state index >= 15 is 0 Å². The number of nitrogens with two attached hydrogens (primary N) is 3. The van der Waals surface area contributed by atoms with Gasteiger partial charge in [-0.25, -0.2) is 4.79 Å². The van der Waals surface area contributed by atoms with Crippen molar-refractivity contribution in [2.24, 2.45) is 17.2 Å². The van der Waals surface area contributed by atoms with Gasteiger partial charge in [0.1, 0.15) is 5.82 Å². The van der Waals surface area contributed by atoms with Crippen LogP contribution in [0.4, 0.5) is 0 Å². The number of ether oxygens (including phenoxy) is 1. The summed E-state index contributed by atoms with van der Waals surface area (Å²) in [7, 11) is 1.19. The first-order valence-corrected chi connectivity index (χ1v) is 2.18. The molecule has 0 bridgehead atoms. The number of hydrogen-bond acceptors (Lipinski definition) is 5. The van der Waals surface area contributed by atoms with Crippen LogP contribution in [0.15, 0.2) is 11.5 Å². The summed E-state index contributed by atoms with van der Waals surface area (Å²) >= 11 is 0. The first-order chi connectivity index (χ1) is 4.09. The molecule has 0 aromatic heterocycles. The quantitative estimate of drug-likeness (QED) is 0.288. The fourth-order valence-electron chi connectivity index (χ4n) is 0.228. The third kappa shape index (κ3) is 1.89. The van der Waals surface area contributed by atoms with Crippen LogP contribution >= 0.6 is 0 Å². The first-order valence-electron chi connectivity index (χ1n) is 2.18. The molecule has 0 radical (unpaired) electrons. The highest BCUT2D eigenvalue weighted by molar-refractivity contribution is 5.87. The van der Waals surface area contributed by atoms with E-state index in [-0.39, 0.29) is 11.5 Å². The van der Waals surface area contributed by atoms with Crippen molar-refractivity contribution in [2.75, 3.05) is 7.11 Å². The molecule has 0 fully saturated rings. The van der Waals surface area contributed by atoms with Crippen LogP contribution in [0, 0.1) is 0 Å². The molecule has 0 aliphatic heterocycles. The van der Waals surface area contributed by atoms with Gasteiger partial charge in [-0.3, -0.25) is 0 Å². The lowest BCUT2D eigenvalue weighted by Gasteiger charge is -1.98. The monoisotopic (exact) mass is 131 g/mol. The maximum atomic E-state index is 10.4. The van der Waals surface area contributed by atoms with Crippen LogP contribution < -0.4 is 17.2 Å². The third-order valence-corrected chi connectivity index (χ3v) is 0.716. The molecule has 5 heteroatoms. The van der Waals surface area contributed by atoms with Gasteiger partial charge in [-0.15, -0.1) is 0 Å². The number of carbonyl (C=O) groups is 1. The highest BCUT2D eigenvalue weighted by Gasteiger charge is 2.05. The van der Waals surface area contributed by atoms with Gasteiger partial charge < -0.3 is 21.9 Å². The van der Waals surface area contributed by atoms with Gasteiger partial charge in [0.25, 0.3) is 0 Å². The Morgan fingerprint density at radius 1 is 1.33 bits per heavy atom. The van der Waals surface area contributed by atoms with Crippen molar-refractivity contribution in [3.63, 3.8) is 0 Å². The molecule has 0 atom stereocenters. The Bertz CT molecular complexity index is 148. The molecule has 6 N–H and O–H groups in total. The van der Waals surface area contributed by atoms with Gasteiger partial charge in [0.2, 0.25) is 0 Å². The Balaban J connectivity index is 4.21. The van der Waals surface area contributed by atoms with Crippen molar-refractivity contribution >= 4 is 5.97 Å². The Morgan fingerprint density at radius 3 is 1.89 bits per heavy atom. The van der Waals surface area contributed by atoms with Gasteiger partial charge in [0.05, 0.1) is 7.11 Å². The molecule has 0 aromatic carbocycles. The Hall–Kier alpha value is -1.39. The van der Waals surface area contributed by atoms with Crippen LogP contribution in [0.25, 0.3) is 0 Å². The van der Waals surface area contributed by atoms with E-state index in [9.17, 15) is 4.79 Å². The van der Waals surface area contributed by atoms with E-state index in [0.717, 1.165) is 0 Å². The number of esters is 1. The summed E-state index contributed by atoms with van der Waals surface area (Å²) in [4.78, 5) is 10.4. The summed E-state index contributed by atoms with van der Waals surface area (Å²) in [6.45, 7) is 0. The summed E-state index contributed by atoms with van der Waals surface area (Å²) in [5, 5.41) is 0. The van der Waals surface area contributed by atoms with Crippen LogP contribution in [0.3, 0.4) is 0 Å². The number of carbonyl (C=O) groups excluding carboxylic acids is 1. The van der Waals surface area contributed by atoms with E-state index < -0.39 is 5.97 Å². The molecule has 0 aromatic rings. The lowest BCUT2D eigenvalue weighted by molar-refractivity contribution is -0.136. The summed E-state index contributed by atoms with van der Waals surface area (Å²) < 4.78 is 4.19. The Labute approximate surface area is 52.4 Å². The summed E-state index contributed by atoms with van der Waals surface area (Å²) in [5.41, 5.74) is 14.7. The normalized spacial score (nSPS) is 8.11. The standard InChI is InChI=1S/C4H9N3O2/c1-9-4(8)2(5)3(6)7/h5-7H2,1H3. The summed E-state index contributed by atoms with van der Waals surface area (Å²) in [5.74, 6) is -0.933. The van der Waals surface area contributed by atoms with Crippen molar-refractivity contribution in [1.29, 1.82) is 0 Å². The van der Waals surface area contributed by atoms with Crippen LogP contribution in [0.1, 0.15) is 0 Å². The molecule has 0 saturated heterocycles. The van der Waals surface area contributed by atoms with Gasteiger partial charge >= 0.3 is 5.97 Å². The van der Waals surface area contributed by atoms with E-state index in [2.05, 4.69) is 4.74 Å². The van der Waals surface area contributed by atoms with E-state index in [1.165, 1.54) is 7.11 Å². The second-order valence-corrected chi connectivity index (χ2v) is 1.36.